The number of carbonyl (C=O) groups is 1. The van der Waals surface area contributed by atoms with Crippen LogP contribution in [0.4, 0.5) is 4.39 Å². The van der Waals surface area contributed by atoms with Gasteiger partial charge in [0.1, 0.15) is 16.4 Å². The number of thiophene rings is 1. The molecule has 0 atom stereocenters. The topological polar surface area (TPSA) is 49.8 Å². The van der Waals surface area contributed by atoms with Gasteiger partial charge in [-0.1, -0.05) is 36.4 Å². The third-order valence-corrected chi connectivity index (χ3v) is 7.69. The van der Waals surface area contributed by atoms with Gasteiger partial charge in [-0.2, -0.15) is 0 Å². The van der Waals surface area contributed by atoms with Crippen LogP contribution in [0.1, 0.15) is 32.8 Å². The summed E-state index contributed by atoms with van der Waals surface area (Å²) in [5.41, 5.74) is 2.77. The molecule has 4 aromatic rings. The Morgan fingerprint density at radius 3 is 2.63 bits per heavy atom. The number of hydrogen-bond acceptors (Lipinski definition) is 5. The standard InChI is InChI=1S/C29H28FNO3S/c1-19-5-2-3-7-24(19)27(33)29-28(25-13-10-22(32)15-26(25)35-29)34-23-11-8-20(9-12-23)6-4-14-31-17-21(16-30)18-31/h2-3,5,7-13,15,21,32H,4,6,14,16-18H2,1H3. The van der Waals surface area contributed by atoms with Gasteiger partial charge in [0, 0.05) is 34.7 Å². The third-order valence-electron chi connectivity index (χ3n) is 6.56. The lowest BCUT2D eigenvalue weighted by Crippen LogP contribution is -2.47. The summed E-state index contributed by atoms with van der Waals surface area (Å²) in [4.78, 5) is 16.3. The average Bonchev–Trinajstić information content (AvgIpc) is 3.18. The van der Waals surface area contributed by atoms with Gasteiger partial charge in [-0.25, -0.2) is 0 Å². The van der Waals surface area contributed by atoms with Crippen LogP contribution < -0.4 is 4.74 Å². The van der Waals surface area contributed by atoms with Crippen molar-refractivity contribution in [2.45, 2.75) is 19.8 Å². The molecule has 0 unspecified atom stereocenters. The molecule has 0 saturated carbocycles. The highest BCUT2D eigenvalue weighted by Gasteiger charge is 2.25. The van der Waals surface area contributed by atoms with Gasteiger partial charge in [0.05, 0.1) is 6.67 Å². The number of aryl methyl sites for hydroxylation is 2. The summed E-state index contributed by atoms with van der Waals surface area (Å²) in [5, 5.41) is 10.8. The van der Waals surface area contributed by atoms with Crippen molar-refractivity contribution in [2.75, 3.05) is 26.3 Å². The molecule has 1 N–H and O–H groups in total. The Hall–Kier alpha value is -3.22. The second-order valence-electron chi connectivity index (χ2n) is 9.21. The summed E-state index contributed by atoms with van der Waals surface area (Å²) in [6.07, 6.45) is 1.99. The van der Waals surface area contributed by atoms with Crippen molar-refractivity contribution in [2.24, 2.45) is 5.92 Å². The van der Waals surface area contributed by atoms with E-state index in [2.05, 4.69) is 17.0 Å². The van der Waals surface area contributed by atoms with Crippen LogP contribution in [0.3, 0.4) is 0 Å². The molecule has 35 heavy (non-hydrogen) atoms. The predicted molar refractivity (Wildman–Crippen MR) is 139 cm³/mol. The van der Waals surface area contributed by atoms with Gasteiger partial charge >= 0.3 is 0 Å². The first kappa shape index (κ1) is 23.5. The van der Waals surface area contributed by atoms with Crippen LogP contribution in [0.5, 0.6) is 17.2 Å². The maximum Gasteiger partial charge on any atom is 0.207 e. The molecule has 0 amide bonds. The molecule has 1 aromatic heterocycles. The van der Waals surface area contributed by atoms with E-state index in [1.54, 1.807) is 18.2 Å². The predicted octanol–water partition coefficient (Wildman–Crippen LogP) is 6.77. The zero-order valence-corrected chi connectivity index (χ0v) is 20.5. The molecule has 180 valence electrons. The van der Waals surface area contributed by atoms with Gasteiger partial charge in [-0.15, -0.1) is 11.3 Å². The van der Waals surface area contributed by atoms with E-state index in [1.165, 1.54) is 16.9 Å². The number of phenols is 1. The van der Waals surface area contributed by atoms with Crippen LogP contribution in [0, 0.1) is 12.8 Å². The van der Waals surface area contributed by atoms with E-state index in [1.807, 2.05) is 43.3 Å². The molecule has 1 fully saturated rings. The molecular formula is C29H28FNO3S. The van der Waals surface area contributed by atoms with Crippen LogP contribution in [0.15, 0.2) is 66.7 Å². The number of hydrogen-bond donors (Lipinski definition) is 1. The molecule has 2 heterocycles. The fraction of sp³-hybridized carbons (Fsp3) is 0.276. The van der Waals surface area contributed by atoms with Gasteiger partial charge in [-0.05, 0) is 67.8 Å². The largest absolute Gasteiger partial charge is 0.508 e. The minimum absolute atomic E-state index is 0.0867. The number of ether oxygens (including phenoxy) is 1. The van der Waals surface area contributed by atoms with Crippen molar-refractivity contribution in [1.82, 2.24) is 4.90 Å². The minimum atomic E-state index is -0.212. The van der Waals surface area contributed by atoms with Crippen LogP contribution in [0.2, 0.25) is 0 Å². The number of alkyl halides is 1. The number of likely N-dealkylation sites (tertiary alicyclic amines) is 1. The Morgan fingerprint density at radius 2 is 1.89 bits per heavy atom. The SMILES string of the molecule is Cc1ccccc1C(=O)c1sc2cc(O)ccc2c1Oc1ccc(CCCN2CC(CF)C2)cc1. The van der Waals surface area contributed by atoms with Gasteiger partial charge in [0.15, 0.2) is 5.75 Å². The fourth-order valence-corrected chi connectivity index (χ4v) is 5.69. The van der Waals surface area contributed by atoms with Gasteiger partial charge < -0.3 is 14.7 Å². The Morgan fingerprint density at radius 1 is 1.11 bits per heavy atom. The molecule has 6 heteroatoms. The lowest BCUT2D eigenvalue weighted by Gasteiger charge is -2.37. The van der Waals surface area contributed by atoms with Crippen molar-refractivity contribution in [3.05, 3.63) is 88.3 Å². The molecule has 0 aliphatic carbocycles. The number of nitrogens with zero attached hydrogens (tertiary/aromatic N) is 1. The molecule has 1 saturated heterocycles. The lowest BCUT2D eigenvalue weighted by molar-refractivity contribution is 0.0801. The number of halogens is 1. The van der Waals surface area contributed by atoms with E-state index in [0.29, 0.717) is 21.9 Å². The molecule has 0 spiro atoms. The Kier molecular flexibility index (Phi) is 6.84. The zero-order chi connectivity index (χ0) is 24.4. The molecule has 5 rings (SSSR count). The summed E-state index contributed by atoms with van der Waals surface area (Å²) in [7, 11) is 0. The lowest BCUT2D eigenvalue weighted by atomic mass is 10.0. The van der Waals surface area contributed by atoms with Crippen LogP contribution in [0.25, 0.3) is 10.1 Å². The van der Waals surface area contributed by atoms with Crippen molar-refractivity contribution < 1.29 is 19.0 Å². The first-order valence-electron chi connectivity index (χ1n) is 11.9. The number of aromatic hydroxyl groups is 1. The number of ketones is 1. The minimum Gasteiger partial charge on any atom is -0.508 e. The van der Waals surface area contributed by atoms with E-state index >= 15 is 0 Å². The highest BCUT2D eigenvalue weighted by molar-refractivity contribution is 7.21. The maximum absolute atomic E-state index is 13.5. The summed E-state index contributed by atoms with van der Waals surface area (Å²) >= 11 is 1.33. The van der Waals surface area contributed by atoms with E-state index in [0.717, 1.165) is 48.1 Å². The van der Waals surface area contributed by atoms with Crippen LogP contribution in [-0.2, 0) is 6.42 Å². The second-order valence-corrected chi connectivity index (χ2v) is 10.3. The quantitative estimate of drug-likeness (QED) is 0.264. The molecule has 3 aromatic carbocycles. The van der Waals surface area contributed by atoms with E-state index in [4.69, 9.17) is 4.74 Å². The molecule has 1 aliphatic rings. The molecule has 0 bridgehead atoms. The molecule has 4 nitrogen and oxygen atoms in total. The maximum atomic E-state index is 13.5. The average molecular weight is 490 g/mol. The molecule has 0 radical (unpaired) electrons. The highest BCUT2D eigenvalue weighted by atomic mass is 32.1. The third kappa shape index (κ3) is 5.09. The Labute approximate surface area is 208 Å². The van der Waals surface area contributed by atoms with Gasteiger partial charge in [0.25, 0.3) is 0 Å². The molecular weight excluding hydrogens is 461 g/mol. The van der Waals surface area contributed by atoms with Crippen molar-refractivity contribution >= 4 is 27.2 Å². The van der Waals surface area contributed by atoms with Gasteiger partial charge in [-0.3, -0.25) is 9.18 Å². The van der Waals surface area contributed by atoms with Crippen LogP contribution in [-0.4, -0.2) is 42.1 Å². The van der Waals surface area contributed by atoms with Crippen LogP contribution >= 0.6 is 11.3 Å². The first-order chi connectivity index (χ1) is 17.0. The summed E-state index contributed by atoms with van der Waals surface area (Å²) < 4.78 is 19.7. The fourth-order valence-electron chi connectivity index (χ4n) is 4.57. The summed E-state index contributed by atoms with van der Waals surface area (Å²) in [5.74, 6) is 1.48. The Balaban J connectivity index is 1.34. The van der Waals surface area contributed by atoms with Crippen molar-refractivity contribution in [3.8, 4) is 17.2 Å². The van der Waals surface area contributed by atoms with E-state index in [9.17, 15) is 14.3 Å². The van der Waals surface area contributed by atoms with Crippen molar-refractivity contribution in [3.63, 3.8) is 0 Å². The normalized spacial score (nSPS) is 14.2. The van der Waals surface area contributed by atoms with E-state index in [-0.39, 0.29) is 24.1 Å². The Bertz CT molecular complexity index is 1340. The first-order valence-corrected chi connectivity index (χ1v) is 12.7. The number of fused-ring (bicyclic) bond motifs is 1. The number of phenolic OH excluding ortho intramolecular Hbond substituents is 1. The summed E-state index contributed by atoms with van der Waals surface area (Å²) in [6.45, 7) is 4.45. The van der Waals surface area contributed by atoms with E-state index < -0.39 is 0 Å². The zero-order valence-electron chi connectivity index (χ0n) is 19.7. The van der Waals surface area contributed by atoms with Crippen molar-refractivity contribution in [1.29, 1.82) is 0 Å². The molecule has 1 aliphatic heterocycles. The van der Waals surface area contributed by atoms with Gasteiger partial charge in [0.2, 0.25) is 5.78 Å². The number of benzene rings is 3. The summed E-state index contributed by atoms with van der Waals surface area (Å²) in [6, 6.07) is 20.6. The highest BCUT2D eigenvalue weighted by Crippen LogP contribution is 2.43. The number of carbonyl (C=O) groups excluding carboxylic acids is 1. The second kappa shape index (κ2) is 10.2. The smallest absolute Gasteiger partial charge is 0.207 e. The monoisotopic (exact) mass is 489 g/mol. The number of rotatable bonds is 9.